The van der Waals surface area contributed by atoms with Crippen molar-refractivity contribution in [2.75, 3.05) is 36.0 Å². The Hall–Kier alpha value is -3.80. The van der Waals surface area contributed by atoms with Gasteiger partial charge in [-0.1, -0.05) is 54.6 Å². The molecule has 3 aromatic carbocycles. The van der Waals surface area contributed by atoms with Gasteiger partial charge >= 0.3 is 0 Å². The number of hydrogen-bond donors (Lipinski definition) is 0. The summed E-state index contributed by atoms with van der Waals surface area (Å²) >= 11 is 0. The third-order valence-corrected chi connectivity index (χ3v) is 5.77. The number of nitrogens with zero attached hydrogens (tertiary/aromatic N) is 4. The van der Waals surface area contributed by atoms with Crippen molar-refractivity contribution in [3.63, 3.8) is 0 Å². The van der Waals surface area contributed by atoms with Crippen molar-refractivity contribution in [1.82, 2.24) is 9.97 Å². The van der Waals surface area contributed by atoms with Crippen molar-refractivity contribution < 1.29 is 8.78 Å². The lowest BCUT2D eigenvalue weighted by atomic mass is 10.0. The highest BCUT2D eigenvalue weighted by Gasteiger charge is 2.21. The van der Waals surface area contributed by atoms with Crippen LogP contribution in [0.1, 0.15) is 0 Å². The van der Waals surface area contributed by atoms with Crippen LogP contribution in [-0.4, -0.2) is 36.1 Å². The third-order valence-electron chi connectivity index (χ3n) is 5.77. The first-order valence-corrected chi connectivity index (χ1v) is 10.6. The number of halogens is 2. The summed E-state index contributed by atoms with van der Waals surface area (Å²) in [5, 5.41) is 0. The van der Waals surface area contributed by atoms with Crippen LogP contribution in [0.15, 0.2) is 85.2 Å². The van der Waals surface area contributed by atoms with Crippen molar-refractivity contribution in [3.8, 4) is 22.4 Å². The molecule has 0 atom stereocenters. The zero-order valence-electron chi connectivity index (χ0n) is 17.5. The molecule has 0 aliphatic carbocycles. The fourth-order valence-electron chi connectivity index (χ4n) is 4.06. The molecule has 160 valence electrons. The van der Waals surface area contributed by atoms with Gasteiger partial charge in [-0.15, -0.1) is 0 Å². The van der Waals surface area contributed by atoms with E-state index in [1.807, 2.05) is 47.4 Å². The van der Waals surface area contributed by atoms with Crippen LogP contribution in [-0.2, 0) is 0 Å². The lowest BCUT2D eigenvalue weighted by Crippen LogP contribution is -2.47. The Morgan fingerprint density at radius 3 is 2.12 bits per heavy atom. The summed E-state index contributed by atoms with van der Waals surface area (Å²) in [6, 6.07) is 21.5. The second kappa shape index (κ2) is 8.75. The van der Waals surface area contributed by atoms with Gasteiger partial charge in [0.2, 0.25) is 0 Å². The molecule has 0 radical (unpaired) electrons. The Labute approximate surface area is 185 Å². The fourth-order valence-corrected chi connectivity index (χ4v) is 4.06. The SMILES string of the molecule is Fc1cc(-c2cncc(N3CCN(c4ccccc4F)CC3)n2)ccc1-c1ccccc1. The highest BCUT2D eigenvalue weighted by atomic mass is 19.1. The number of rotatable bonds is 4. The summed E-state index contributed by atoms with van der Waals surface area (Å²) in [4.78, 5) is 13.2. The van der Waals surface area contributed by atoms with Gasteiger partial charge in [-0.2, -0.15) is 0 Å². The minimum Gasteiger partial charge on any atom is -0.366 e. The van der Waals surface area contributed by atoms with E-state index in [9.17, 15) is 8.78 Å². The second-order valence-corrected chi connectivity index (χ2v) is 7.75. The van der Waals surface area contributed by atoms with Crippen molar-refractivity contribution >= 4 is 11.5 Å². The van der Waals surface area contributed by atoms with Crippen LogP contribution in [0.25, 0.3) is 22.4 Å². The van der Waals surface area contributed by atoms with Crippen LogP contribution in [0, 0.1) is 11.6 Å². The van der Waals surface area contributed by atoms with Crippen LogP contribution < -0.4 is 9.80 Å². The van der Waals surface area contributed by atoms with E-state index < -0.39 is 0 Å². The Morgan fingerprint density at radius 2 is 1.38 bits per heavy atom. The Bertz CT molecular complexity index is 1220. The molecule has 0 spiro atoms. The molecule has 6 heteroatoms. The first kappa shape index (κ1) is 20.1. The van der Waals surface area contributed by atoms with Crippen LogP contribution in [0.4, 0.5) is 20.3 Å². The maximum Gasteiger partial charge on any atom is 0.147 e. The number of para-hydroxylation sites is 1. The van der Waals surface area contributed by atoms with E-state index in [4.69, 9.17) is 4.98 Å². The largest absolute Gasteiger partial charge is 0.366 e. The van der Waals surface area contributed by atoms with Crippen molar-refractivity contribution in [2.45, 2.75) is 0 Å². The van der Waals surface area contributed by atoms with Gasteiger partial charge in [-0.3, -0.25) is 4.98 Å². The summed E-state index contributed by atoms with van der Waals surface area (Å²) in [6.07, 6.45) is 3.37. The molecule has 1 saturated heterocycles. The molecule has 0 bridgehead atoms. The van der Waals surface area contributed by atoms with Gasteiger partial charge < -0.3 is 9.80 Å². The quantitative estimate of drug-likeness (QED) is 0.435. The minimum atomic E-state index is -0.292. The van der Waals surface area contributed by atoms with E-state index in [0.29, 0.717) is 48.7 Å². The van der Waals surface area contributed by atoms with E-state index in [2.05, 4.69) is 9.88 Å². The summed E-state index contributed by atoms with van der Waals surface area (Å²) in [5.41, 5.74) is 3.33. The Balaban J connectivity index is 1.33. The maximum absolute atomic E-state index is 14.8. The molecule has 1 aromatic heterocycles. The highest BCUT2D eigenvalue weighted by Crippen LogP contribution is 2.28. The average molecular weight is 428 g/mol. The number of benzene rings is 3. The standard InChI is InChI=1S/C26H22F2N4/c27-22-8-4-5-9-25(22)31-12-14-32(15-13-31)26-18-29-17-24(30-26)20-10-11-21(23(28)16-20)19-6-2-1-3-7-19/h1-11,16-18H,12-15H2. The minimum absolute atomic E-state index is 0.205. The van der Waals surface area contributed by atoms with Crippen LogP contribution >= 0.6 is 0 Å². The van der Waals surface area contributed by atoms with Gasteiger partial charge in [0.1, 0.15) is 17.5 Å². The molecule has 0 saturated carbocycles. The lowest BCUT2D eigenvalue weighted by Gasteiger charge is -2.36. The molecule has 1 aliphatic rings. The molecule has 0 unspecified atom stereocenters. The van der Waals surface area contributed by atoms with Crippen molar-refractivity contribution in [3.05, 3.63) is 96.8 Å². The van der Waals surface area contributed by atoms with Gasteiger partial charge in [0, 0.05) is 37.3 Å². The smallest absolute Gasteiger partial charge is 0.147 e. The second-order valence-electron chi connectivity index (χ2n) is 7.75. The summed E-state index contributed by atoms with van der Waals surface area (Å²) in [7, 11) is 0. The molecule has 1 fully saturated rings. The molecule has 4 nitrogen and oxygen atoms in total. The Kier molecular flexibility index (Phi) is 5.50. The molecular weight excluding hydrogens is 406 g/mol. The lowest BCUT2D eigenvalue weighted by molar-refractivity contribution is 0.596. The van der Waals surface area contributed by atoms with Crippen LogP contribution in [0.5, 0.6) is 0 Å². The first-order valence-electron chi connectivity index (χ1n) is 10.6. The fraction of sp³-hybridized carbons (Fsp3) is 0.154. The zero-order chi connectivity index (χ0) is 21.9. The molecule has 32 heavy (non-hydrogen) atoms. The van der Waals surface area contributed by atoms with Crippen molar-refractivity contribution in [2.24, 2.45) is 0 Å². The van der Waals surface area contributed by atoms with Gasteiger partial charge in [0.25, 0.3) is 0 Å². The topological polar surface area (TPSA) is 32.3 Å². The summed E-state index contributed by atoms with van der Waals surface area (Å²) in [5.74, 6) is 0.242. The normalized spacial score (nSPS) is 13.9. The monoisotopic (exact) mass is 428 g/mol. The number of piperazine rings is 1. The van der Waals surface area contributed by atoms with E-state index in [0.717, 1.165) is 11.4 Å². The van der Waals surface area contributed by atoms with Gasteiger partial charge in [-0.05, 0) is 23.8 Å². The van der Waals surface area contributed by atoms with E-state index >= 15 is 0 Å². The van der Waals surface area contributed by atoms with E-state index in [-0.39, 0.29) is 11.6 Å². The molecular formula is C26H22F2N4. The van der Waals surface area contributed by atoms with E-state index in [1.165, 1.54) is 12.1 Å². The van der Waals surface area contributed by atoms with Crippen LogP contribution in [0.2, 0.25) is 0 Å². The number of anilines is 2. The molecule has 1 aliphatic heterocycles. The predicted molar refractivity (Wildman–Crippen MR) is 124 cm³/mol. The van der Waals surface area contributed by atoms with Crippen molar-refractivity contribution in [1.29, 1.82) is 0 Å². The van der Waals surface area contributed by atoms with Gasteiger partial charge in [-0.25, -0.2) is 13.8 Å². The maximum atomic E-state index is 14.8. The first-order chi connectivity index (χ1) is 15.7. The van der Waals surface area contributed by atoms with E-state index in [1.54, 1.807) is 30.6 Å². The molecule has 0 amide bonds. The van der Waals surface area contributed by atoms with Gasteiger partial charge in [0.05, 0.1) is 23.8 Å². The molecule has 5 rings (SSSR count). The van der Waals surface area contributed by atoms with Gasteiger partial charge in [0.15, 0.2) is 0 Å². The van der Waals surface area contributed by atoms with Crippen LogP contribution in [0.3, 0.4) is 0 Å². The zero-order valence-corrected chi connectivity index (χ0v) is 17.5. The summed E-state index contributed by atoms with van der Waals surface area (Å²) in [6.45, 7) is 2.78. The molecule has 0 N–H and O–H groups in total. The highest BCUT2D eigenvalue weighted by molar-refractivity contribution is 5.69. The molecule has 4 aromatic rings. The third kappa shape index (κ3) is 4.04. The molecule has 2 heterocycles. The number of aromatic nitrogens is 2. The Morgan fingerprint density at radius 1 is 0.656 bits per heavy atom. The summed E-state index contributed by atoms with van der Waals surface area (Å²) < 4.78 is 28.9. The predicted octanol–water partition coefficient (Wildman–Crippen LogP) is 5.42. The average Bonchev–Trinajstić information content (AvgIpc) is 2.85. The number of hydrogen-bond acceptors (Lipinski definition) is 4.